The van der Waals surface area contributed by atoms with E-state index in [4.69, 9.17) is 14.2 Å². The zero-order valence-electron chi connectivity index (χ0n) is 20.3. The zero-order valence-corrected chi connectivity index (χ0v) is 22.7. The number of pyridine rings is 1. The molecule has 0 radical (unpaired) electrons. The number of carbonyl (C=O) groups excluding carboxylic acids is 1. The number of hydrogen-bond donors (Lipinski definition) is 2. The molecule has 1 unspecified atom stereocenters. The molecule has 1 aliphatic rings. The van der Waals surface area contributed by atoms with Crippen molar-refractivity contribution >= 4 is 36.0 Å². The molecule has 0 saturated carbocycles. The summed E-state index contributed by atoms with van der Waals surface area (Å²) in [6.07, 6.45) is 6.05. The molecular weight excluding hydrogens is 537 g/mol. The molecule has 1 atom stereocenters. The zero-order chi connectivity index (χ0) is 23.2. The quantitative estimate of drug-likeness (QED) is 0.181. The Morgan fingerprint density at radius 2 is 2.06 bits per heavy atom. The van der Waals surface area contributed by atoms with Gasteiger partial charge >= 0.3 is 6.09 Å². The first-order valence-corrected chi connectivity index (χ1v) is 11.4. The van der Waals surface area contributed by atoms with E-state index in [0.717, 1.165) is 43.9 Å². The monoisotopic (exact) mass is 577 g/mol. The van der Waals surface area contributed by atoms with Crippen LogP contribution in [0.15, 0.2) is 29.5 Å². The predicted molar refractivity (Wildman–Crippen MR) is 140 cm³/mol. The third kappa shape index (κ3) is 13.0. The molecule has 2 N–H and O–H groups in total. The minimum atomic E-state index is -0.539. The largest absolute Gasteiger partial charge is 0.444 e. The van der Waals surface area contributed by atoms with Crippen LogP contribution in [0.3, 0.4) is 0 Å². The number of guanidine groups is 1. The van der Waals surface area contributed by atoms with E-state index in [0.29, 0.717) is 32.8 Å². The average Bonchev–Trinajstić information content (AvgIpc) is 3.27. The van der Waals surface area contributed by atoms with Gasteiger partial charge in [-0.25, -0.2) is 4.79 Å². The van der Waals surface area contributed by atoms with E-state index >= 15 is 0 Å². The summed E-state index contributed by atoms with van der Waals surface area (Å²) in [5.41, 5.74) is 0.429. The molecule has 188 valence electrons. The first-order chi connectivity index (χ1) is 15.4. The molecule has 1 amide bonds. The van der Waals surface area contributed by atoms with Gasteiger partial charge in [0.1, 0.15) is 5.60 Å². The summed E-state index contributed by atoms with van der Waals surface area (Å²) in [5, 5.41) is 6.59. The number of carbonyl (C=O) groups is 1. The van der Waals surface area contributed by atoms with Crippen molar-refractivity contribution in [2.75, 3.05) is 46.5 Å². The lowest BCUT2D eigenvalue weighted by Crippen LogP contribution is -2.41. The van der Waals surface area contributed by atoms with Crippen molar-refractivity contribution in [3.8, 4) is 0 Å². The van der Waals surface area contributed by atoms with Crippen LogP contribution in [0.25, 0.3) is 0 Å². The second-order valence-electron chi connectivity index (χ2n) is 8.75. The maximum Gasteiger partial charge on any atom is 0.410 e. The molecule has 0 aromatic carbocycles. The van der Waals surface area contributed by atoms with E-state index in [2.05, 4.69) is 20.6 Å². The highest BCUT2D eigenvalue weighted by Gasteiger charge is 2.22. The fourth-order valence-corrected chi connectivity index (χ4v) is 3.14. The first-order valence-electron chi connectivity index (χ1n) is 11.4. The lowest BCUT2D eigenvalue weighted by molar-refractivity contribution is 0.0232. The van der Waals surface area contributed by atoms with Crippen molar-refractivity contribution in [2.24, 2.45) is 4.99 Å². The third-order valence-corrected chi connectivity index (χ3v) is 4.72. The van der Waals surface area contributed by atoms with Crippen LogP contribution in [0.4, 0.5) is 4.79 Å². The Labute approximate surface area is 215 Å². The number of ether oxygens (including phenoxy) is 3. The highest BCUT2D eigenvalue weighted by molar-refractivity contribution is 14.0. The van der Waals surface area contributed by atoms with Crippen LogP contribution in [0, 0.1) is 0 Å². The van der Waals surface area contributed by atoms with Gasteiger partial charge in [0.25, 0.3) is 0 Å². The summed E-state index contributed by atoms with van der Waals surface area (Å²) in [6, 6.07) is 3.82. The Balaban J connectivity index is 0.00000544. The molecule has 2 rings (SSSR count). The maximum atomic E-state index is 12.7. The molecule has 1 aliphatic heterocycles. The average molecular weight is 578 g/mol. The smallest absolute Gasteiger partial charge is 0.410 e. The van der Waals surface area contributed by atoms with Crippen LogP contribution >= 0.6 is 24.0 Å². The summed E-state index contributed by atoms with van der Waals surface area (Å²) >= 11 is 0. The topological polar surface area (TPSA) is 97.3 Å². The van der Waals surface area contributed by atoms with Crippen molar-refractivity contribution in [1.82, 2.24) is 20.5 Å². The number of aliphatic imine (C=N–C) groups is 1. The Hall–Kier alpha value is -1.66. The Morgan fingerprint density at radius 3 is 2.67 bits per heavy atom. The van der Waals surface area contributed by atoms with Gasteiger partial charge in [-0.2, -0.15) is 0 Å². The SMILES string of the molecule is CN=C(NCCCOC1CCOC1)NCCCN(Cc1cccnc1)C(=O)OC(C)(C)C.I. The molecule has 0 spiro atoms. The van der Waals surface area contributed by atoms with Gasteiger partial charge < -0.3 is 29.7 Å². The Bertz CT molecular complexity index is 694. The first kappa shape index (κ1) is 29.4. The molecular formula is C23H40IN5O4. The maximum absolute atomic E-state index is 12.7. The van der Waals surface area contributed by atoms with Crippen LogP contribution in [-0.2, 0) is 20.8 Å². The lowest BCUT2D eigenvalue weighted by Gasteiger charge is -2.27. The molecule has 1 aromatic rings. The van der Waals surface area contributed by atoms with Gasteiger partial charge in [-0.3, -0.25) is 9.98 Å². The standard InChI is InChI=1S/C23H39N5O4.HI/c1-23(2,3)32-22(29)28(17-19-8-5-10-25-16-19)13-6-11-26-21(24-4)27-12-7-14-31-20-9-15-30-18-20;/h5,8,10,16,20H,6-7,9,11-15,17-18H2,1-4H3,(H2,24,26,27);1H. The van der Waals surface area contributed by atoms with Crippen molar-refractivity contribution < 1.29 is 19.0 Å². The summed E-state index contributed by atoms with van der Waals surface area (Å²) in [7, 11) is 1.75. The summed E-state index contributed by atoms with van der Waals surface area (Å²) in [4.78, 5) is 22.8. The Morgan fingerprint density at radius 1 is 1.30 bits per heavy atom. The van der Waals surface area contributed by atoms with Gasteiger partial charge in [0.15, 0.2) is 5.96 Å². The van der Waals surface area contributed by atoms with Crippen LogP contribution in [-0.4, -0.2) is 80.1 Å². The van der Waals surface area contributed by atoms with Gasteiger partial charge in [-0.1, -0.05) is 6.07 Å². The molecule has 0 aliphatic carbocycles. The summed E-state index contributed by atoms with van der Waals surface area (Å²) in [6.45, 7) is 10.3. The highest BCUT2D eigenvalue weighted by atomic mass is 127. The van der Waals surface area contributed by atoms with E-state index < -0.39 is 5.60 Å². The van der Waals surface area contributed by atoms with Gasteiger partial charge in [0.2, 0.25) is 0 Å². The lowest BCUT2D eigenvalue weighted by atomic mass is 10.2. The van der Waals surface area contributed by atoms with Crippen molar-refractivity contribution in [1.29, 1.82) is 0 Å². The molecule has 1 aromatic heterocycles. The second kappa shape index (κ2) is 16.0. The number of nitrogens with zero attached hydrogens (tertiary/aromatic N) is 3. The number of aromatic nitrogens is 1. The van der Waals surface area contributed by atoms with Crippen molar-refractivity contribution in [3.63, 3.8) is 0 Å². The normalized spacial score (nSPS) is 16.1. The Kier molecular flexibility index (Phi) is 14.3. The van der Waals surface area contributed by atoms with Gasteiger partial charge in [-0.15, -0.1) is 24.0 Å². The molecule has 1 fully saturated rings. The fourth-order valence-electron chi connectivity index (χ4n) is 3.14. The molecule has 1 saturated heterocycles. The van der Waals surface area contributed by atoms with Crippen LogP contribution in [0.5, 0.6) is 0 Å². The van der Waals surface area contributed by atoms with Crippen molar-refractivity contribution in [3.05, 3.63) is 30.1 Å². The summed E-state index contributed by atoms with van der Waals surface area (Å²) < 4.78 is 16.7. The minimum absolute atomic E-state index is 0. The number of hydrogen-bond acceptors (Lipinski definition) is 6. The number of amides is 1. The highest BCUT2D eigenvalue weighted by Crippen LogP contribution is 2.13. The van der Waals surface area contributed by atoms with E-state index in [9.17, 15) is 4.79 Å². The number of rotatable bonds is 11. The van der Waals surface area contributed by atoms with E-state index in [1.165, 1.54) is 0 Å². The molecule has 33 heavy (non-hydrogen) atoms. The second-order valence-corrected chi connectivity index (χ2v) is 8.75. The van der Waals surface area contributed by atoms with Crippen LogP contribution < -0.4 is 10.6 Å². The van der Waals surface area contributed by atoms with Gasteiger partial charge in [0, 0.05) is 52.3 Å². The molecule has 10 heteroatoms. The van der Waals surface area contributed by atoms with Crippen LogP contribution in [0.1, 0.15) is 45.6 Å². The van der Waals surface area contributed by atoms with E-state index in [1.807, 2.05) is 32.9 Å². The van der Waals surface area contributed by atoms with Crippen LogP contribution in [0.2, 0.25) is 0 Å². The molecule has 2 heterocycles. The van der Waals surface area contributed by atoms with Gasteiger partial charge in [-0.05, 0) is 51.7 Å². The van der Waals surface area contributed by atoms with Gasteiger partial charge in [0.05, 0.1) is 19.3 Å². The molecule has 0 bridgehead atoms. The fraction of sp³-hybridized carbons (Fsp3) is 0.696. The number of halogens is 1. The van der Waals surface area contributed by atoms with E-state index in [1.54, 1.807) is 24.3 Å². The number of nitrogens with one attached hydrogen (secondary N) is 2. The molecule has 9 nitrogen and oxygen atoms in total. The van der Waals surface area contributed by atoms with E-state index in [-0.39, 0.29) is 36.2 Å². The van der Waals surface area contributed by atoms with Crippen molar-refractivity contribution in [2.45, 2.75) is 58.3 Å². The predicted octanol–water partition coefficient (Wildman–Crippen LogP) is 3.19. The minimum Gasteiger partial charge on any atom is -0.444 e. The summed E-state index contributed by atoms with van der Waals surface area (Å²) in [5.74, 6) is 0.741. The third-order valence-electron chi connectivity index (χ3n) is 4.72.